The highest BCUT2D eigenvalue weighted by Gasteiger charge is 2.34. The fourth-order valence-electron chi connectivity index (χ4n) is 2.25. The zero-order chi connectivity index (χ0) is 17.9. The molecule has 0 unspecified atom stereocenters. The minimum Gasteiger partial charge on any atom is -0.478 e. The number of hydrogen-bond donors (Lipinski definition) is 1. The molecule has 1 heterocycles. The number of rotatable bonds is 4. The molecule has 1 N–H and O–H groups in total. The Kier molecular flexibility index (Phi) is 5.14. The molecule has 1 aliphatic heterocycles. The van der Waals surface area contributed by atoms with Crippen molar-refractivity contribution in [2.75, 3.05) is 32.5 Å². The standard InChI is InChI=1S/C15H14FNO7/c1-22-14(20)10-6-24-7-17(12(10)15(21)23-2)11-4-3-8(16)5-9(11)13(18)19/h3-5H,6-7H2,1-2H3,(H,18,19). The zero-order valence-corrected chi connectivity index (χ0v) is 12.9. The first-order valence-electron chi connectivity index (χ1n) is 6.68. The molecule has 2 rings (SSSR count). The van der Waals surface area contributed by atoms with Crippen LogP contribution in [0.25, 0.3) is 0 Å². The van der Waals surface area contributed by atoms with E-state index in [1.807, 2.05) is 0 Å². The molecule has 0 bridgehead atoms. The van der Waals surface area contributed by atoms with Crippen molar-refractivity contribution in [1.29, 1.82) is 0 Å². The Labute approximate surface area is 136 Å². The lowest BCUT2D eigenvalue weighted by molar-refractivity contribution is -0.140. The summed E-state index contributed by atoms with van der Waals surface area (Å²) in [5, 5.41) is 9.27. The Bertz CT molecular complexity index is 729. The number of carbonyl (C=O) groups excluding carboxylic acids is 2. The van der Waals surface area contributed by atoms with E-state index in [1.54, 1.807) is 0 Å². The van der Waals surface area contributed by atoms with Gasteiger partial charge in [0.15, 0.2) is 0 Å². The second kappa shape index (κ2) is 7.09. The van der Waals surface area contributed by atoms with Crippen LogP contribution in [0.3, 0.4) is 0 Å². The molecule has 0 saturated heterocycles. The number of hydrogen-bond acceptors (Lipinski definition) is 7. The summed E-state index contributed by atoms with van der Waals surface area (Å²) in [5.41, 5.74) is -0.766. The summed E-state index contributed by atoms with van der Waals surface area (Å²) in [5.74, 6) is -3.86. The van der Waals surface area contributed by atoms with Gasteiger partial charge in [-0.15, -0.1) is 0 Å². The van der Waals surface area contributed by atoms with Gasteiger partial charge >= 0.3 is 17.9 Å². The van der Waals surface area contributed by atoms with Crippen LogP contribution in [-0.2, 0) is 23.8 Å². The molecule has 9 heteroatoms. The van der Waals surface area contributed by atoms with Crippen LogP contribution in [0.15, 0.2) is 29.5 Å². The Balaban J connectivity index is 2.66. The van der Waals surface area contributed by atoms with E-state index in [0.29, 0.717) is 0 Å². The molecule has 0 aromatic heterocycles. The summed E-state index contributed by atoms with van der Waals surface area (Å²) >= 11 is 0. The third-order valence-electron chi connectivity index (χ3n) is 3.31. The first-order valence-corrected chi connectivity index (χ1v) is 6.68. The van der Waals surface area contributed by atoms with E-state index in [4.69, 9.17) is 4.74 Å². The van der Waals surface area contributed by atoms with E-state index < -0.39 is 29.3 Å². The van der Waals surface area contributed by atoms with Crippen molar-refractivity contribution >= 4 is 23.6 Å². The second-order valence-corrected chi connectivity index (χ2v) is 4.68. The maximum absolute atomic E-state index is 13.4. The van der Waals surface area contributed by atoms with Gasteiger partial charge in [-0.1, -0.05) is 0 Å². The van der Waals surface area contributed by atoms with Gasteiger partial charge in [-0.3, -0.25) is 0 Å². The Morgan fingerprint density at radius 1 is 1.21 bits per heavy atom. The molecule has 8 nitrogen and oxygen atoms in total. The predicted octanol–water partition coefficient (Wildman–Crippen LogP) is 0.918. The van der Waals surface area contributed by atoms with Gasteiger partial charge < -0.3 is 24.2 Å². The van der Waals surface area contributed by atoms with E-state index in [-0.39, 0.29) is 30.3 Å². The number of ether oxygens (including phenoxy) is 3. The van der Waals surface area contributed by atoms with Crippen molar-refractivity contribution in [3.8, 4) is 0 Å². The first kappa shape index (κ1) is 17.4. The smallest absolute Gasteiger partial charge is 0.355 e. The molecule has 0 fully saturated rings. The molecule has 0 radical (unpaired) electrons. The maximum atomic E-state index is 13.4. The topological polar surface area (TPSA) is 102 Å². The number of anilines is 1. The molecule has 0 saturated carbocycles. The third-order valence-corrected chi connectivity index (χ3v) is 3.31. The number of carboxylic acid groups (broad SMARTS) is 1. The molecule has 24 heavy (non-hydrogen) atoms. The fraction of sp³-hybridized carbons (Fsp3) is 0.267. The van der Waals surface area contributed by atoms with Crippen molar-refractivity contribution in [1.82, 2.24) is 0 Å². The number of halogens is 1. The highest BCUT2D eigenvalue weighted by molar-refractivity contribution is 6.05. The Hall–Kier alpha value is -2.94. The fourth-order valence-corrected chi connectivity index (χ4v) is 2.25. The Morgan fingerprint density at radius 3 is 2.46 bits per heavy atom. The summed E-state index contributed by atoms with van der Waals surface area (Å²) in [6.45, 7) is -0.436. The lowest BCUT2D eigenvalue weighted by Gasteiger charge is -2.32. The van der Waals surface area contributed by atoms with Gasteiger partial charge in [0.05, 0.1) is 37.7 Å². The van der Waals surface area contributed by atoms with Crippen LogP contribution in [0.5, 0.6) is 0 Å². The van der Waals surface area contributed by atoms with E-state index in [2.05, 4.69) is 9.47 Å². The highest BCUT2D eigenvalue weighted by Crippen LogP contribution is 2.30. The van der Waals surface area contributed by atoms with E-state index in [9.17, 15) is 23.9 Å². The van der Waals surface area contributed by atoms with Crippen LogP contribution in [-0.4, -0.2) is 50.6 Å². The van der Waals surface area contributed by atoms with Gasteiger partial charge in [-0.05, 0) is 18.2 Å². The number of esters is 2. The van der Waals surface area contributed by atoms with Gasteiger partial charge in [0.2, 0.25) is 0 Å². The van der Waals surface area contributed by atoms with Crippen LogP contribution in [0, 0.1) is 5.82 Å². The summed E-state index contributed by atoms with van der Waals surface area (Å²) in [4.78, 5) is 36.5. The van der Waals surface area contributed by atoms with Crippen LogP contribution in [0.4, 0.5) is 10.1 Å². The molecule has 1 aliphatic rings. The van der Waals surface area contributed by atoms with E-state index in [0.717, 1.165) is 31.3 Å². The van der Waals surface area contributed by atoms with Crippen molar-refractivity contribution in [3.05, 3.63) is 40.8 Å². The summed E-state index contributed by atoms with van der Waals surface area (Å²) in [7, 11) is 2.24. The van der Waals surface area contributed by atoms with Crippen molar-refractivity contribution in [2.24, 2.45) is 0 Å². The SMILES string of the molecule is COC(=O)C1=C(C(=O)OC)N(c2ccc(F)cc2C(=O)O)COC1. The number of nitrogens with zero attached hydrogens (tertiary/aromatic N) is 1. The van der Waals surface area contributed by atoms with Gasteiger partial charge in [-0.25, -0.2) is 18.8 Å². The largest absolute Gasteiger partial charge is 0.478 e. The number of methoxy groups -OCH3 is 2. The third kappa shape index (κ3) is 3.20. The molecular formula is C15H14FNO7. The monoisotopic (exact) mass is 339 g/mol. The van der Waals surface area contributed by atoms with Gasteiger partial charge in [0.25, 0.3) is 0 Å². The first-order chi connectivity index (χ1) is 11.4. The summed E-state index contributed by atoms with van der Waals surface area (Å²) in [6.07, 6.45) is 0. The average molecular weight is 339 g/mol. The molecule has 0 aliphatic carbocycles. The van der Waals surface area contributed by atoms with E-state index >= 15 is 0 Å². The quantitative estimate of drug-likeness (QED) is 0.808. The molecule has 0 spiro atoms. The van der Waals surface area contributed by atoms with Crippen molar-refractivity contribution in [2.45, 2.75) is 0 Å². The second-order valence-electron chi connectivity index (χ2n) is 4.68. The predicted molar refractivity (Wildman–Crippen MR) is 77.7 cm³/mol. The Morgan fingerprint density at radius 2 is 1.88 bits per heavy atom. The van der Waals surface area contributed by atoms with Gasteiger partial charge in [0.1, 0.15) is 18.2 Å². The van der Waals surface area contributed by atoms with Crippen molar-refractivity contribution in [3.63, 3.8) is 0 Å². The van der Waals surface area contributed by atoms with Crippen LogP contribution in [0.1, 0.15) is 10.4 Å². The van der Waals surface area contributed by atoms with Crippen LogP contribution in [0.2, 0.25) is 0 Å². The molecular weight excluding hydrogens is 325 g/mol. The summed E-state index contributed by atoms with van der Waals surface area (Å²) in [6, 6.07) is 3.01. The number of aromatic carboxylic acids is 1. The zero-order valence-electron chi connectivity index (χ0n) is 12.9. The maximum Gasteiger partial charge on any atom is 0.355 e. The number of carbonyl (C=O) groups is 3. The highest BCUT2D eigenvalue weighted by atomic mass is 19.1. The summed E-state index contributed by atoms with van der Waals surface area (Å²) < 4.78 is 27.9. The molecule has 0 atom stereocenters. The molecule has 128 valence electrons. The number of carboxylic acids is 1. The van der Waals surface area contributed by atoms with Crippen LogP contribution >= 0.6 is 0 Å². The van der Waals surface area contributed by atoms with Crippen molar-refractivity contribution < 1.29 is 38.1 Å². The minimum atomic E-state index is -1.40. The minimum absolute atomic E-state index is 0.0228. The molecule has 1 aromatic rings. The molecule has 0 amide bonds. The van der Waals surface area contributed by atoms with Gasteiger partial charge in [0, 0.05) is 0 Å². The van der Waals surface area contributed by atoms with Crippen LogP contribution < -0.4 is 4.90 Å². The normalized spacial score (nSPS) is 14.4. The van der Waals surface area contributed by atoms with E-state index in [1.165, 1.54) is 6.07 Å². The average Bonchev–Trinajstić information content (AvgIpc) is 2.59. The van der Waals surface area contributed by atoms with Gasteiger partial charge in [-0.2, -0.15) is 0 Å². The number of benzene rings is 1. The molecule has 1 aromatic carbocycles. The lowest BCUT2D eigenvalue weighted by atomic mass is 10.1. The lowest BCUT2D eigenvalue weighted by Crippen LogP contribution is -2.39.